The molecule has 22 heavy (non-hydrogen) atoms. The number of carbonyl (C=O) groups is 1. The molecule has 1 aliphatic rings. The first-order valence-corrected chi connectivity index (χ1v) is 8.82. The lowest BCUT2D eigenvalue weighted by atomic mass is 10.3. The van der Waals surface area contributed by atoms with Crippen LogP contribution in [0.15, 0.2) is 40.8 Å². The predicted octanol–water partition coefficient (Wildman–Crippen LogP) is 2.14. The van der Waals surface area contributed by atoms with Crippen LogP contribution in [0.3, 0.4) is 0 Å². The molecular formula is C15H19ClN2O3S. The summed E-state index contributed by atoms with van der Waals surface area (Å²) in [5.74, 6) is -0.0696. The highest BCUT2D eigenvalue weighted by molar-refractivity contribution is 7.89. The normalized spacial score (nSPS) is 16.4. The Morgan fingerprint density at radius 2 is 1.82 bits per heavy atom. The van der Waals surface area contributed by atoms with E-state index in [0.29, 0.717) is 18.1 Å². The number of rotatable bonds is 3. The molecule has 1 aromatic rings. The van der Waals surface area contributed by atoms with Crippen molar-refractivity contribution < 1.29 is 13.2 Å². The van der Waals surface area contributed by atoms with Gasteiger partial charge in [0, 0.05) is 37.3 Å². The Hall–Kier alpha value is -1.37. The smallest absolute Gasteiger partial charge is 0.246 e. The summed E-state index contributed by atoms with van der Waals surface area (Å²) in [5, 5.41) is 0.387. The molecule has 1 amide bonds. The number of piperazine rings is 1. The van der Waals surface area contributed by atoms with Crippen LogP contribution < -0.4 is 0 Å². The van der Waals surface area contributed by atoms with Crippen molar-refractivity contribution in [3.05, 3.63) is 40.9 Å². The second-order valence-corrected chi connectivity index (χ2v) is 7.78. The maximum Gasteiger partial charge on any atom is 0.246 e. The molecule has 1 fully saturated rings. The summed E-state index contributed by atoms with van der Waals surface area (Å²) in [6.45, 7) is 5.08. The highest BCUT2D eigenvalue weighted by Gasteiger charge is 2.29. The number of halogens is 1. The van der Waals surface area contributed by atoms with E-state index < -0.39 is 10.0 Å². The maximum atomic E-state index is 12.5. The zero-order valence-electron chi connectivity index (χ0n) is 12.6. The third kappa shape index (κ3) is 3.88. The molecule has 2 rings (SSSR count). The lowest BCUT2D eigenvalue weighted by molar-refractivity contribution is -0.127. The fourth-order valence-electron chi connectivity index (χ4n) is 2.26. The van der Waals surface area contributed by atoms with Gasteiger partial charge in [0.25, 0.3) is 0 Å². The molecule has 0 saturated carbocycles. The first-order valence-electron chi connectivity index (χ1n) is 7.00. The van der Waals surface area contributed by atoms with Gasteiger partial charge in [-0.25, -0.2) is 8.42 Å². The van der Waals surface area contributed by atoms with Gasteiger partial charge in [-0.1, -0.05) is 23.2 Å². The van der Waals surface area contributed by atoms with E-state index in [2.05, 4.69) is 0 Å². The second kappa shape index (κ2) is 6.81. The lowest BCUT2D eigenvalue weighted by Gasteiger charge is -2.33. The zero-order valence-corrected chi connectivity index (χ0v) is 14.2. The van der Waals surface area contributed by atoms with Gasteiger partial charge in [-0.05, 0) is 32.0 Å². The molecule has 0 unspecified atom stereocenters. The molecule has 0 spiro atoms. The predicted molar refractivity (Wildman–Crippen MR) is 86.2 cm³/mol. The Balaban J connectivity index is 2.08. The molecule has 5 nitrogen and oxygen atoms in total. The van der Waals surface area contributed by atoms with Crippen LogP contribution in [0.1, 0.15) is 13.8 Å². The van der Waals surface area contributed by atoms with E-state index in [1.54, 1.807) is 23.1 Å². The third-order valence-corrected chi connectivity index (χ3v) is 5.53. The topological polar surface area (TPSA) is 57.7 Å². The Morgan fingerprint density at radius 1 is 1.18 bits per heavy atom. The maximum absolute atomic E-state index is 12.5. The number of amides is 1. The summed E-state index contributed by atoms with van der Waals surface area (Å²) in [6.07, 6.45) is 1.57. The van der Waals surface area contributed by atoms with Crippen LogP contribution in [0.2, 0.25) is 5.02 Å². The van der Waals surface area contributed by atoms with Crippen molar-refractivity contribution in [2.24, 2.45) is 0 Å². The van der Waals surface area contributed by atoms with Crippen LogP contribution in [-0.4, -0.2) is 49.7 Å². The van der Waals surface area contributed by atoms with E-state index >= 15 is 0 Å². The standard InChI is InChI=1S/C15H19ClN2O3S/c1-12(2)10-15(19)17-6-8-18(9-7-17)22(20,21)14-5-3-4-13(16)11-14/h3-5,10-11H,6-9H2,1-2H3. The van der Waals surface area contributed by atoms with Crippen LogP contribution in [0, 0.1) is 0 Å². The van der Waals surface area contributed by atoms with Crippen molar-refractivity contribution >= 4 is 27.5 Å². The average molecular weight is 343 g/mol. The van der Waals surface area contributed by atoms with Gasteiger partial charge >= 0.3 is 0 Å². The SMILES string of the molecule is CC(C)=CC(=O)N1CCN(S(=O)(=O)c2cccc(Cl)c2)CC1. The number of hydrogen-bond acceptors (Lipinski definition) is 3. The van der Waals surface area contributed by atoms with Crippen molar-refractivity contribution in [3.8, 4) is 0 Å². The average Bonchev–Trinajstić information content (AvgIpc) is 2.46. The molecule has 1 aromatic carbocycles. The molecule has 0 N–H and O–H groups in total. The molecule has 0 aromatic heterocycles. The number of sulfonamides is 1. The van der Waals surface area contributed by atoms with Gasteiger partial charge in [0.1, 0.15) is 0 Å². The summed E-state index contributed by atoms with van der Waals surface area (Å²) < 4.78 is 26.5. The lowest BCUT2D eigenvalue weighted by Crippen LogP contribution is -2.50. The minimum absolute atomic E-state index is 0.0696. The van der Waals surface area contributed by atoms with E-state index in [0.717, 1.165) is 5.57 Å². The van der Waals surface area contributed by atoms with Crippen molar-refractivity contribution in [2.75, 3.05) is 26.2 Å². The van der Waals surface area contributed by atoms with Crippen LogP contribution in [0.5, 0.6) is 0 Å². The number of allylic oxidation sites excluding steroid dienone is 1. The van der Waals surface area contributed by atoms with Gasteiger partial charge < -0.3 is 4.90 Å². The van der Waals surface area contributed by atoms with Gasteiger partial charge in [-0.2, -0.15) is 4.31 Å². The molecular weight excluding hydrogens is 324 g/mol. The summed E-state index contributed by atoms with van der Waals surface area (Å²) in [6, 6.07) is 6.22. The number of benzene rings is 1. The quantitative estimate of drug-likeness (QED) is 0.791. The number of carbonyl (C=O) groups excluding carboxylic acids is 1. The molecule has 1 aliphatic heterocycles. The van der Waals surface area contributed by atoms with Gasteiger partial charge in [-0.15, -0.1) is 0 Å². The zero-order chi connectivity index (χ0) is 16.3. The first-order chi connectivity index (χ1) is 10.3. The Morgan fingerprint density at radius 3 is 2.36 bits per heavy atom. The van der Waals surface area contributed by atoms with Crippen LogP contribution in [0.4, 0.5) is 0 Å². The highest BCUT2D eigenvalue weighted by atomic mass is 35.5. The monoisotopic (exact) mass is 342 g/mol. The largest absolute Gasteiger partial charge is 0.337 e. The Kier molecular flexibility index (Phi) is 5.26. The van der Waals surface area contributed by atoms with Crippen molar-refractivity contribution in [2.45, 2.75) is 18.7 Å². The minimum atomic E-state index is -3.56. The molecule has 7 heteroatoms. The van der Waals surface area contributed by atoms with Crippen molar-refractivity contribution in [3.63, 3.8) is 0 Å². The Labute approximate surface area is 136 Å². The van der Waals surface area contributed by atoms with Gasteiger partial charge in [0.2, 0.25) is 15.9 Å². The van der Waals surface area contributed by atoms with Gasteiger partial charge in [0.15, 0.2) is 0 Å². The third-order valence-electron chi connectivity index (χ3n) is 3.40. The summed E-state index contributed by atoms with van der Waals surface area (Å²) in [4.78, 5) is 13.8. The van der Waals surface area contributed by atoms with Crippen molar-refractivity contribution in [1.29, 1.82) is 0 Å². The minimum Gasteiger partial charge on any atom is -0.337 e. The van der Waals surface area contributed by atoms with Crippen molar-refractivity contribution in [1.82, 2.24) is 9.21 Å². The van der Waals surface area contributed by atoms with E-state index in [9.17, 15) is 13.2 Å². The fourth-order valence-corrected chi connectivity index (χ4v) is 3.99. The fraction of sp³-hybridized carbons (Fsp3) is 0.400. The van der Waals surface area contributed by atoms with E-state index in [1.165, 1.54) is 16.4 Å². The van der Waals surface area contributed by atoms with Crippen LogP contribution >= 0.6 is 11.6 Å². The molecule has 1 saturated heterocycles. The summed E-state index contributed by atoms with van der Waals surface area (Å²) >= 11 is 5.86. The number of hydrogen-bond donors (Lipinski definition) is 0. The summed E-state index contributed by atoms with van der Waals surface area (Å²) in [7, 11) is -3.56. The first kappa shape index (κ1) is 17.0. The highest BCUT2D eigenvalue weighted by Crippen LogP contribution is 2.21. The molecule has 0 aliphatic carbocycles. The molecule has 0 atom stereocenters. The molecule has 1 heterocycles. The molecule has 0 bridgehead atoms. The van der Waals surface area contributed by atoms with E-state index in [1.807, 2.05) is 13.8 Å². The number of nitrogens with zero attached hydrogens (tertiary/aromatic N) is 2. The summed E-state index contributed by atoms with van der Waals surface area (Å²) in [5.41, 5.74) is 0.930. The molecule has 120 valence electrons. The molecule has 0 radical (unpaired) electrons. The second-order valence-electron chi connectivity index (χ2n) is 5.41. The van der Waals surface area contributed by atoms with E-state index in [4.69, 9.17) is 11.6 Å². The van der Waals surface area contributed by atoms with Gasteiger partial charge in [0.05, 0.1) is 4.90 Å². The Bertz CT molecular complexity index is 688. The van der Waals surface area contributed by atoms with Crippen LogP contribution in [-0.2, 0) is 14.8 Å². The van der Waals surface area contributed by atoms with Gasteiger partial charge in [-0.3, -0.25) is 4.79 Å². The van der Waals surface area contributed by atoms with Crippen LogP contribution in [0.25, 0.3) is 0 Å². The van der Waals surface area contributed by atoms with E-state index in [-0.39, 0.29) is 23.9 Å².